The van der Waals surface area contributed by atoms with Crippen LogP contribution in [0.25, 0.3) is 22.4 Å². The third-order valence-corrected chi connectivity index (χ3v) is 4.76. The van der Waals surface area contributed by atoms with Gasteiger partial charge in [-0.2, -0.15) is 0 Å². The molecule has 0 aliphatic carbocycles. The van der Waals surface area contributed by atoms with E-state index < -0.39 is 23.2 Å². The van der Waals surface area contributed by atoms with E-state index in [0.29, 0.717) is 22.7 Å². The molecule has 5 nitrogen and oxygen atoms in total. The van der Waals surface area contributed by atoms with Gasteiger partial charge in [-0.05, 0) is 37.3 Å². The van der Waals surface area contributed by atoms with E-state index in [4.69, 9.17) is 0 Å². The zero-order chi connectivity index (χ0) is 22.1. The standard InChI is InChI=1S/C24H16F2N2O3/c1-13(29)14-5-4-6-15(9-14)22(30)21(23(31)16-10-17(25)12-18(26)11-16)24-27-19-7-2-3-8-20(19)28-24/h2-12,31H,1H3,(H,27,28)/b23-21-. The number of Topliss-reactive ketones (excluding diaryl/α,β-unsaturated/α-hetero) is 2. The summed E-state index contributed by atoms with van der Waals surface area (Å²) < 4.78 is 27.5. The lowest BCUT2D eigenvalue weighted by Gasteiger charge is -2.10. The summed E-state index contributed by atoms with van der Waals surface area (Å²) in [4.78, 5) is 32.5. The Morgan fingerprint density at radius 2 is 1.55 bits per heavy atom. The molecular formula is C24H16F2N2O3. The lowest BCUT2D eigenvalue weighted by Crippen LogP contribution is -2.09. The Morgan fingerprint density at radius 1 is 0.871 bits per heavy atom. The fourth-order valence-electron chi connectivity index (χ4n) is 3.26. The van der Waals surface area contributed by atoms with Crippen molar-refractivity contribution in [3.8, 4) is 0 Å². The lowest BCUT2D eigenvalue weighted by atomic mass is 9.97. The summed E-state index contributed by atoms with van der Waals surface area (Å²) in [6, 6.07) is 15.5. The quantitative estimate of drug-likeness (QED) is 0.260. The van der Waals surface area contributed by atoms with Gasteiger partial charge >= 0.3 is 0 Å². The van der Waals surface area contributed by atoms with E-state index in [2.05, 4.69) is 9.97 Å². The van der Waals surface area contributed by atoms with Gasteiger partial charge in [-0.1, -0.05) is 30.3 Å². The molecule has 3 aromatic carbocycles. The third-order valence-electron chi connectivity index (χ3n) is 4.76. The Bertz CT molecular complexity index is 1320. The van der Waals surface area contributed by atoms with Crippen LogP contribution in [0.1, 0.15) is 39.0 Å². The van der Waals surface area contributed by atoms with Gasteiger partial charge in [0.15, 0.2) is 5.78 Å². The van der Waals surface area contributed by atoms with Crippen LogP contribution < -0.4 is 0 Å². The number of nitrogens with one attached hydrogen (secondary N) is 1. The van der Waals surface area contributed by atoms with E-state index in [9.17, 15) is 23.5 Å². The molecule has 0 fully saturated rings. The highest BCUT2D eigenvalue weighted by Gasteiger charge is 2.24. The number of carbonyl (C=O) groups excluding carboxylic acids is 2. The predicted octanol–water partition coefficient (Wildman–Crippen LogP) is 5.35. The number of nitrogens with zero attached hydrogens (tertiary/aromatic N) is 1. The van der Waals surface area contributed by atoms with Crippen molar-refractivity contribution < 1.29 is 23.5 Å². The number of ketones is 2. The van der Waals surface area contributed by atoms with E-state index >= 15 is 0 Å². The Labute approximate surface area is 175 Å². The number of rotatable bonds is 5. The molecule has 2 N–H and O–H groups in total. The van der Waals surface area contributed by atoms with E-state index in [1.807, 2.05) is 0 Å². The number of fused-ring (bicyclic) bond motifs is 1. The summed E-state index contributed by atoms with van der Waals surface area (Å²) in [5, 5.41) is 10.9. The molecule has 1 heterocycles. The molecule has 31 heavy (non-hydrogen) atoms. The van der Waals surface area contributed by atoms with Crippen LogP contribution in [0.2, 0.25) is 0 Å². The van der Waals surface area contributed by atoms with Gasteiger partial charge in [-0.25, -0.2) is 13.8 Å². The highest BCUT2D eigenvalue weighted by atomic mass is 19.1. The van der Waals surface area contributed by atoms with E-state index in [0.717, 1.165) is 12.1 Å². The van der Waals surface area contributed by atoms with Crippen molar-refractivity contribution >= 4 is 33.9 Å². The van der Waals surface area contributed by atoms with E-state index in [1.165, 1.54) is 19.1 Å². The topological polar surface area (TPSA) is 83.1 Å². The number of carbonyl (C=O) groups is 2. The molecule has 0 bridgehead atoms. The highest BCUT2D eigenvalue weighted by molar-refractivity contribution is 6.33. The first-order valence-corrected chi connectivity index (χ1v) is 9.34. The first kappa shape index (κ1) is 20.2. The number of aliphatic hydroxyl groups is 1. The second-order valence-electron chi connectivity index (χ2n) is 6.95. The zero-order valence-electron chi connectivity index (χ0n) is 16.3. The molecule has 0 amide bonds. The molecule has 1 aromatic heterocycles. The van der Waals surface area contributed by atoms with Crippen LogP contribution in [0.4, 0.5) is 8.78 Å². The molecule has 154 valence electrons. The van der Waals surface area contributed by atoms with Crippen LogP contribution in [0.15, 0.2) is 66.7 Å². The van der Waals surface area contributed by atoms with Gasteiger partial charge < -0.3 is 10.1 Å². The van der Waals surface area contributed by atoms with E-state index in [1.54, 1.807) is 36.4 Å². The molecule has 0 saturated heterocycles. The van der Waals surface area contributed by atoms with Crippen molar-refractivity contribution in [2.24, 2.45) is 0 Å². The fourth-order valence-corrected chi connectivity index (χ4v) is 3.26. The van der Waals surface area contributed by atoms with Gasteiger partial charge in [0.05, 0.1) is 11.0 Å². The van der Waals surface area contributed by atoms with Crippen LogP contribution in [0.3, 0.4) is 0 Å². The number of allylic oxidation sites excluding steroid dienone is 1. The number of para-hydroxylation sites is 2. The Morgan fingerprint density at radius 3 is 2.23 bits per heavy atom. The van der Waals surface area contributed by atoms with Crippen molar-refractivity contribution in [3.05, 3.63) is 101 Å². The summed E-state index contributed by atoms with van der Waals surface area (Å²) in [6.07, 6.45) is 0. The largest absolute Gasteiger partial charge is 0.506 e. The molecular weight excluding hydrogens is 402 g/mol. The van der Waals surface area contributed by atoms with E-state index in [-0.39, 0.29) is 28.3 Å². The smallest absolute Gasteiger partial charge is 0.200 e. The number of halogens is 2. The number of benzene rings is 3. The summed E-state index contributed by atoms with van der Waals surface area (Å²) in [5.41, 5.74) is 1.08. The maximum absolute atomic E-state index is 13.8. The normalized spacial score (nSPS) is 12.0. The van der Waals surface area contributed by atoms with Crippen molar-refractivity contribution in [1.29, 1.82) is 0 Å². The van der Waals surface area contributed by atoms with Crippen molar-refractivity contribution in [1.82, 2.24) is 9.97 Å². The van der Waals surface area contributed by atoms with Crippen LogP contribution in [-0.4, -0.2) is 26.6 Å². The van der Waals surface area contributed by atoms with Crippen LogP contribution in [-0.2, 0) is 0 Å². The molecule has 0 saturated carbocycles. The van der Waals surface area contributed by atoms with Crippen LogP contribution in [0.5, 0.6) is 0 Å². The summed E-state index contributed by atoms with van der Waals surface area (Å²) in [5.74, 6) is -3.32. The second-order valence-corrected chi connectivity index (χ2v) is 6.95. The monoisotopic (exact) mass is 418 g/mol. The fraction of sp³-hybridized carbons (Fsp3) is 0.0417. The second kappa shape index (κ2) is 7.95. The van der Waals surface area contributed by atoms with Gasteiger partial charge in [0.25, 0.3) is 0 Å². The zero-order valence-corrected chi connectivity index (χ0v) is 16.3. The first-order chi connectivity index (χ1) is 14.8. The van der Waals surface area contributed by atoms with Gasteiger partial charge in [-0.15, -0.1) is 0 Å². The lowest BCUT2D eigenvalue weighted by molar-refractivity contribution is 0.101. The number of hydrogen-bond acceptors (Lipinski definition) is 4. The van der Waals surface area contributed by atoms with Gasteiger partial charge in [0.1, 0.15) is 28.8 Å². The minimum Gasteiger partial charge on any atom is -0.506 e. The molecule has 4 rings (SSSR count). The molecule has 0 aliphatic rings. The Hall–Kier alpha value is -4.13. The number of aromatic amines is 1. The average molecular weight is 418 g/mol. The molecule has 0 radical (unpaired) electrons. The molecule has 0 unspecified atom stereocenters. The average Bonchev–Trinajstić information content (AvgIpc) is 3.16. The van der Waals surface area contributed by atoms with Crippen molar-refractivity contribution in [2.75, 3.05) is 0 Å². The summed E-state index contributed by atoms with van der Waals surface area (Å²) in [7, 11) is 0. The summed E-state index contributed by atoms with van der Waals surface area (Å²) in [6.45, 7) is 1.37. The first-order valence-electron chi connectivity index (χ1n) is 9.34. The number of H-pyrrole nitrogens is 1. The Balaban J connectivity index is 1.95. The molecule has 4 aromatic rings. The minimum atomic E-state index is -0.906. The maximum atomic E-state index is 13.8. The third kappa shape index (κ3) is 3.98. The minimum absolute atomic E-state index is 0.0293. The van der Waals surface area contributed by atoms with Gasteiger partial charge in [0.2, 0.25) is 5.78 Å². The van der Waals surface area contributed by atoms with Crippen LogP contribution >= 0.6 is 0 Å². The molecule has 0 aliphatic heterocycles. The van der Waals surface area contributed by atoms with Crippen molar-refractivity contribution in [3.63, 3.8) is 0 Å². The number of aliphatic hydroxyl groups excluding tert-OH is 1. The predicted molar refractivity (Wildman–Crippen MR) is 113 cm³/mol. The van der Waals surface area contributed by atoms with Gasteiger partial charge in [0, 0.05) is 22.8 Å². The van der Waals surface area contributed by atoms with Gasteiger partial charge in [-0.3, -0.25) is 9.59 Å². The molecule has 7 heteroatoms. The number of imidazole rings is 1. The molecule has 0 spiro atoms. The molecule has 0 atom stereocenters. The number of hydrogen-bond donors (Lipinski definition) is 2. The summed E-state index contributed by atoms with van der Waals surface area (Å²) >= 11 is 0. The van der Waals surface area contributed by atoms with Crippen LogP contribution in [0, 0.1) is 11.6 Å². The highest BCUT2D eigenvalue weighted by Crippen LogP contribution is 2.29. The Kier molecular flexibility index (Phi) is 5.17. The SMILES string of the molecule is CC(=O)c1cccc(C(=O)/C(=C(/O)c2cc(F)cc(F)c2)c2nc3ccccc3[nH]2)c1. The maximum Gasteiger partial charge on any atom is 0.200 e. The van der Waals surface area contributed by atoms with Crippen molar-refractivity contribution in [2.45, 2.75) is 6.92 Å². The number of aromatic nitrogens is 2.